The second-order valence-electron chi connectivity index (χ2n) is 13.9. The van der Waals surface area contributed by atoms with E-state index in [1.165, 1.54) is 68.8 Å². The van der Waals surface area contributed by atoms with Gasteiger partial charge in [0, 0.05) is 82.7 Å². The Labute approximate surface area is 408 Å². The van der Waals surface area contributed by atoms with Gasteiger partial charge in [-0.15, -0.1) is 20.5 Å². The molecule has 0 saturated heterocycles. The van der Waals surface area contributed by atoms with E-state index in [-0.39, 0.29) is 102 Å². The molecule has 0 bridgehead atoms. The Balaban J connectivity index is 0.00000504. The van der Waals surface area contributed by atoms with Gasteiger partial charge >= 0.3 is 0 Å². The van der Waals surface area contributed by atoms with Gasteiger partial charge in [-0.3, -0.25) is 19.5 Å². The van der Waals surface area contributed by atoms with E-state index < -0.39 is 47.3 Å². The summed E-state index contributed by atoms with van der Waals surface area (Å²) in [6, 6.07) is 20.3. The van der Waals surface area contributed by atoms with E-state index in [2.05, 4.69) is 30.7 Å². The van der Waals surface area contributed by atoms with Crippen molar-refractivity contribution in [3.05, 3.63) is 119 Å². The van der Waals surface area contributed by atoms with Crippen LogP contribution in [0.4, 0.5) is 45.5 Å². The van der Waals surface area contributed by atoms with Crippen LogP contribution in [0.2, 0.25) is 0 Å². The third kappa shape index (κ3) is 12.8. The Morgan fingerprint density at radius 3 is 1.41 bits per heavy atom. The van der Waals surface area contributed by atoms with Gasteiger partial charge in [-0.05, 0) is 78.6 Å². The van der Waals surface area contributed by atoms with Gasteiger partial charge in [0.2, 0.25) is 0 Å². The molecule has 0 atom stereocenters. The topological polar surface area (TPSA) is 329 Å². The Morgan fingerprint density at radius 2 is 0.941 bits per heavy atom. The molecule has 0 aromatic heterocycles. The summed E-state index contributed by atoms with van der Waals surface area (Å²) in [7, 11) is -6.93. The Kier molecular flexibility index (Phi) is 17.3. The molecule has 26 heteroatoms. The number of rotatable bonds is 14. The normalized spacial score (nSPS) is 12.3. The quantitative estimate of drug-likeness (QED) is 0.0126. The fraction of sp³-hybridized carbons (Fsp3) is 0.0952. The number of phenolic OH excluding ortho intramolecular Hbond substituents is 4. The first-order valence-corrected chi connectivity index (χ1v) is 21.6. The molecule has 6 rings (SSSR count). The van der Waals surface area contributed by atoms with Crippen molar-refractivity contribution in [3.63, 3.8) is 0 Å². The average Bonchev–Trinajstić information content (AvgIpc) is 3.26. The zero-order valence-corrected chi connectivity index (χ0v) is 38.9. The van der Waals surface area contributed by atoms with Crippen LogP contribution in [0, 0.1) is 13.8 Å². The molecule has 362 valence electrons. The van der Waals surface area contributed by atoms with E-state index in [0.29, 0.717) is 20.8 Å². The van der Waals surface area contributed by atoms with Crippen LogP contribution in [0.15, 0.2) is 138 Å². The van der Waals surface area contributed by atoms with Gasteiger partial charge in [0.25, 0.3) is 31.6 Å². The summed E-state index contributed by atoms with van der Waals surface area (Å²) in [5, 5.41) is 86.8. The second-order valence-corrected chi connectivity index (χ2v) is 16.7. The number of hydrogen-bond donors (Lipinski definition) is 8. The molecule has 68 heavy (non-hydrogen) atoms. The van der Waals surface area contributed by atoms with Gasteiger partial charge in [0.15, 0.2) is 22.9 Å². The number of azo groups is 4. The molecule has 6 aromatic carbocycles. The predicted molar refractivity (Wildman–Crippen MR) is 232 cm³/mol. The van der Waals surface area contributed by atoms with Crippen molar-refractivity contribution in [2.75, 3.05) is 14.2 Å². The molecular weight excluding hydrogens is 1030 g/mol. The summed E-state index contributed by atoms with van der Waals surface area (Å²) in [5.74, 6) is -1.50. The minimum Gasteiger partial charge on any atom is -0.506 e. The number of ether oxygens (including phenoxy) is 2. The molecular formula is C42H38Cu2N8O14S2+2. The number of methoxy groups -OCH3 is 2. The van der Waals surface area contributed by atoms with Gasteiger partial charge in [-0.2, -0.15) is 16.8 Å². The van der Waals surface area contributed by atoms with Crippen molar-refractivity contribution in [2.24, 2.45) is 30.7 Å². The number of hydrogen-bond acceptors (Lipinski definition) is 16. The maximum atomic E-state index is 12.5. The van der Waals surface area contributed by atoms with Crippen molar-refractivity contribution in [1.82, 2.24) is 0 Å². The zero-order chi connectivity index (χ0) is 48.1. The number of aryl methyl sites for hydroxylation is 2. The maximum absolute atomic E-state index is 12.5. The van der Waals surface area contributed by atoms with Gasteiger partial charge in [-0.25, -0.2) is 0 Å². The molecule has 2 radical (unpaired) electrons. The van der Waals surface area contributed by atoms with Crippen LogP contribution in [-0.2, 0) is 54.4 Å². The molecule has 0 unspecified atom stereocenters. The SMILES string of the molecule is COc1cc(N=Nc2cc(C)ccc2O)c(O)cc1N=[N+](O)c1ccc(/C=C/c2ccc([N+](O)=Nc3cc(O)c(N=Nc4cc(S(=O)(=O)O)ccc4O)cc3OC)cc2C)c(S(=O)(=O)O)c1.[Cu].[Cu]. The van der Waals surface area contributed by atoms with Crippen LogP contribution < -0.4 is 9.47 Å². The maximum Gasteiger partial charge on any atom is 0.295 e. The largest absolute Gasteiger partial charge is 0.506 e. The van der Waals surface area contributed by atoms with Crippen LogP contribution >= 0.6 is 0 Å². The summed E-state index contributed by atoms with van der Waals surface area (Å²) >= 11 is 0. The van der Waals surface area contributed by atoms with Crippen molar-refractivity contribution in [3.8, 4) is 34.5 Å². The number of benzene rings is 6. The molecule has 0 amide bonds. The molecule has 0 aliphatic rings. The minimum atomic E-state index is -4.89. The fourth-order valence-electron chi connectivity index (χ4n) is 5.89. The molecule has 0 saturated carbocycles. The zero-order valence-electron chi connectivity index (χ0n) is 35.4. The fourth-order valence-corrected chi connectivity index (χ4v) is 7.09. The van der Waals surface area contributed by atoms with E-state index in [4.69, 9.17) is 9.47 Å². The smallest absolute Gasteiger partial charge is 0.295 e. The van der Waals surface area contributed by atoms with Crippen LogP contribution in [0.3, 0.4) is 0 Å². The summed E-state index contributed by atoms with van der Waals surface area (Å²) in [6.45, 7) is 3.48. The minimum absolute atomic E-state index is 0. The molecule has 6 aromatic rings. The van der Waals surface area contributed by atoms with E-state index in [9.17, 15) is 56.8 Å². The van der Waals surface area contributed by atoms with Gasteiger partial charge in [0.1, 0.15) is 60.4 Å². The molecule has 0 spiro atoms. The number of nitrogens with zero attached hydrogens (tertiary/aromatic N) is 8. The number of phenols is 4. The molecule has 0 aliphatic heterocycles. The van der Waals surface area contributed by atoms with E-state index in [0.717, 1.165) is 42.0 Å². The molecule has 8 N–H and O–H groups in total. The standard InChI is InChI=1S/C42H36N8O14S2.2Cu/c1-23-5-13-36(51)30(15-23)43-45-32-21-41(64-4)35(20-38(32)53)48-50(56)28-11-9-26(42(17-28)66(60,61)62)7-6-25-8-10-27(16-24(25)2)49(55)47-34-19-39(54)33(22-40(34)63-3)46-44-31-18-29(65(57,58)59)12-14-37(31)52;;/h5-22,55-56H,1-4H3,(H4,47,48,53,54,57,58,59,60,61,62);;/p+2/b7-6+;;. The van der Waals surface area contributed by atoms with E-state index in [1.54, 1.807) is 32.0 Å². The predicted octanol–water partition coefficient (Wildman–Crippen LogP) is 10.3. The summed E-state index contributed by atoms with van der Waals surface area (Å²) in [5.41, 5.74) is 1.25. The van der Waals surface area contributed by atoms with Gasteiger partial charge in [0.05, 0.1) is 29.3 Å². The van der Waals surface area contributed by atoms with Crippen LogP contribution in [0.25, 0.3) is 12.2 Å². The summed E-state index contributed by atoms with van der Waals surface area (Å²) in [4.78, 5) is -0.350. The third-order valence-electron chi connectivity index (χ3n) is 9.30. The average molecular weight is 1070 g/mol. The molecule has 0 fully saturated rings. The van der Waals surface area contributed by atoms with Crippen LogP contribution in [-0.4, -0.2) is 80.7 Å². The van der Waals surface area contributed by atoms with E-state index >= 15 is 0 Å². The van der Waals surface area contributed by atoms with Crippen LogP contribution in [0.5, 0.6) is 34.5 Å². The van der Waals surface area contributed by atoms with Crippen LogP contribution in [0.1, 0.15) is 22.3 Å². The Bertz CT molecular complexity index is 3300. The first kappa shape index (κ1) is 53.3. The van der Waals surface area contributed by atoms with Crippen molar-refractivity contribution >= 4 is 77.9 Å². The monoisotopic (exact) mass is 1070 g/mol. The summed E-state index contributed by atoms with van der Waals surface area (Å²) < 4.78 is 78.2. The van der Waals surface area contributed by atoms with Gasteiger partial charge in [-0.1, -0.05) is 18.2 Å². The summed E-state index contributed by atoms with van der Waals surface area (Å²) in [6.07, 6.45) is 2.92. The molecule has 22 nitrogen and oxygen atoms in total. The van der Waals surface area contributed by atoms with Gasteiger partial charge < -0.3 is 29.9 Å². The van der Waals surface area contributed by atoms with Crippen molar-refractivity contribution in [2.45, 2.75) is 23.6 Å². The number of aromatic hydroxyl groups is 4. The van der Waals surface area contributed by atoms with Crippen molar-refractivity contribution in [1.29, 1.82) is 0 Å². The Morgan fingerprint density at radius 1 is 0.500 bits per heavy atom. The first-order chi connectivity index (χ1) is 31.1. The molecule has 0 heterocycles. The molecule has 0 aliphatic carbocycles. The Hall–Kier alpha value is -7.28. The van der Waals surface area contributed by atoms with Crippen molar-refractivity contribution < 1.29 is 110 Å². The third-order valence-corrected chi connectivity index (χ3v) is 11.1. The van der Waals surface area contributed by atoms with E-state index in [1.807, 2.05) is 0 Å². The second kappa shape index (κ2) is 22.0. The first-order valence-electron chi connectivity index (χ1n) is 18.7.